The molecule has 25 heteroatoms. The van der Waals surface area contributed by atoms with Crippen LogP contribution in [0.1, 0.15) is 15.9 Å². The zero-order chi connectivity index (χ0) is 45.6. The number of nitro benzene ring substituents is 1. The van der Waals surface area contributed by atoms with Crippen LogP contribution in [0.25, 0.3) is 17.2 Å². The maximum Gasteiger partial charge on any atom is 0.296 e. The molecule has 0 saturated carbocycles. The number of fused-ring (bicyclic) bond motifs is 2. The molecule has 0 radical (unpaired) electrons. The molecular formula is C38H29N9O13S3. The van der Waals surface area contributed by atoms with Gasteiger partial charge in [0.05, 0.1) is 33.2 Å². The van der Waals surface area contributed by atoms with Gasteiger partial charge >= 0.3 is 0 Å². The fraction of sp³-hybridized carbons (Fsp3) is 0.0526. The number of nitrogens with zero attached hydrogens (tertiary/aromatic N) is 5. The molecule has 7 rings (SSSR count). The van der Waals surface area contributed by atoms with E-state index in [4.69, 9.17) is 11.5 Å². The summed E-state index contributed by atoms with van der Waals surface area (Å²) >= 11 is 0. The monoisotopic (exact) mass is 915 g/mol. The van der Waals surface area contributed by atoms with E-state index in [1.165, 1.54) is 42.5 Å². The van der Waals surface area contributed by atoms with Crippen LogP contribution in [0, 0.1) is 10.1 Å². The molecule has 322 valence electrons. The molecule has 9 N–H and O–H groups in total. The lowest BCUT2D eigenvalue weighted by molar-refractivity contribution is -0.384. The lowest BCUT2D eigenvalue weighted by Gasteiger charge is -2.24. The summed E-state index contributed by atoms with van der Waals surface area (Å²) in [6.07, 6.45) is 6.43. The maximum atomic E-state index is 13.9. The van der Waals surface area contributed by atoms with Crippen molar-refractivity contribution < 1.29 is 53.4 Å². The number of rotatable bonds is 11. The molecule has 0 aromatic heterocycles. The smallest absolute Gasteiger partial charge is 0.296 e. The highest BCUT2D eigenvalue weighted by Gasteiger charge is 2.40. The Bertz CT molecular complexity index is 3230. The molecule has 0 aliphatic heterocycles. The Hall–Kier alpha value is -7.39. The van der Waals surface area contributed by atoms with Crippen LogP contribution in [0.3, 0.4) is 0 Å². The lowest BCUT2D eigenvalue weighted by Crippen LogP contribution is -2.40. The van der Waals surface area contributed by atoms with Crippen LogP contribution in [-0.2, 0) is 35.1 Å². The van der Waals surface area contributed by atoms with Gasteiger partial charge in [-0.1, -0.05) is 48.6 Å². The second kappa shape index (κ2) is 16.5. The highest BCUT2D eigenvalue weighted by molar-refractivity contribution is 7.91. The number of anilines is 3. The fourth-order valence-corrected chi connectivity index (χ4v) is 8.54. The van der Waals surface area contributed by atoms with Gasteiger partial charge in [-0.2, -0.15) is 40.6 Å². The van der Waals surface area contributed by atoms with Gasteiger partial charge in [0.15, 0.2) is 11.0 Å². The number of benzene rings is 4. The molecule has 0 heterocycles. The van der Waals surface area contributed by atoms with Gasteiger partial charge in [0.2, 0.25) is 11.6 Å². The van der Waals surface area contributed by atoms with Crippen LogP contribution in [0.15, 0.2) is 145 Å². The van der Waals surface area contributed by atoms with Gasteiger partial charge in [-0.25, -0.2) is 0 Å². The van der Waals surface area contributed by atoms with Crippen molar-refractivity contribution >= 4 is 93.5 Å². The minimum absolute atomic E-state index is 0.134. The summed E-state index contributed by atoms with van der Waals surface area (Å²) < 4.78 is 104. The maximum absolute atomic E-state index is 13.9. The van der Waals surface area contributed by atoms with E-state index < -0.39 is 102 Å². The molecule has 0 spiro atoms. The normalized spacial score (nSPS) is 19.0. The van der Waals surface area contributed by atoms with Crippen LogP contribution in [0.5, 0.6) is 0 Å². The second-order valence-corrected chi connectivity index (χ2v) is 17.9. The Morgan fingerprint density at radius 3 is 1.95 bits per heavy atom. The molecular weight excluding hydrogens is 887 g/mol. The number of nitro groups is 1. The minimum atomic E-state index is -5.22. The Balaban J connectivity index is 1.13. The third kappa shape index (κ3) is 9.14. The number of Topliss-reactive ketones (excluding diaryl/α,β-unsaturated/α-hetero) is 2. The van der Waals surface area contributed by atoms with Gasteiger partial charge in [-0.15, -0.1) is 5.11 Å². The van der Waals surface area contributed by atoms with Crippen molar-refractivity contribution in [3.63, 3.8) is 0 Å². The van der Waals surface area contributed by atoms with Crippen molar-refractivity contribution in [2.24, 2.45) is 26.2 Å². The number of hydrazone groups is 2. The number of hydrogen-bond acceptors (Lipinski definition) is 18. The topological polar surface area (TPSA) is 366 Å². The van der Waals surface area contributed by atoms with Gasteiger partial charge in [-0.05, 0) is 70.8 Å². The van der Waals surface area contributed by atoms with Crippen molar-refractivity contribution in [2.75, 3.05) is 16.6 Å². The SMILES string of the molecule is Nc1c(N=Nc2cccc([N+](=O)[O-])c2)c(S(=O)(=O)O)cc2c1C(=O)/C(=N\Nc1ccc(-c3ccc(N/N=C4/C(=O)C5=CC(N)C=CC5=CC4S(=O)(=O)O)cc3)cc1)C(S(=O)(=O)O)=C2. The first-order valence-electron chi connectivity index (χ1n) is 17.7. The van der Waals surface area contributed by atoms with Gasteiger partial charge < -0.3 is 11.5 Å². The van der Waals surface area contributed by atoms with Gasteiger partial charge in [0, 0.05) is 23.7 Å². The summed E-state index contributed by atoms with van der Waals surface area (Å²) in [5, 5.41) is 24.9. The van der Waals surface area contributed by atoms with Gasteiger partial charge in [-0.3, -0.25) is 44.2 Å². The number of ketones is 2. The summed E-state index contributed by atoms with van der Waals surface area (Å²) in [4.78, 5) is 35.5. The number of azo groups is 1. The van der Waals surface area contributed by atoms with Crippen molar-refractivity contribution in [1.82, 2.24) is 0 Å². The molecule has 0 saturated heterocycles. The van der Waals surface area contributed by atoms with Crippen LogP contribution < -0.4 is 22.3 Å². The number of non-ortho nitro benzene ring substituents is 1. The first kappa shape index (κ1) is 43.7. The third-order valence-corrected chi connectivity index (χ3v) is 12.2. The van der Waals surface area contributed by atoms with E-state index in [-0.39, 0.29) is 28.2 Å². The van der Waals surface area contributed by atoms with Crippen LogP contribution in [0.2, 0.25) is 0 Å². The second-order valence-electron chi connectivity index (χ2n) is 13.6. The van der Waals surface area contributed by atoms with E-state index in [0.717, 1.165) is 12.1 Å². The highest BCUT2D eigenvalue weighted by atomic mass is 32.2. The average molecular weight is 916 g/mol. The molecule has 22 nitrogen and oxygen atoms in total. The minimum Gasteiger partial charge on any atom is -0.396 e. The average Bonchev–Trinajstić information content (AvgIpc) is 3.22. The van der Waals surface area contributed by atoms with E-state index in [0.29, 0.717) is 29.0 Å². The molecule has 2 unspecified atom stereocenters. The Kier molecular flexibility index (Phi) is 11.4. The van der Waals surface area contributed by atoms with E-state index in [2.05, 4.69) is 31.3 Å². The summed E-state index contributed by atoms with van der Waals surface area (Å²) in [5.74, 6) is -1.95. The standard InChI is InChI=1S/C38H29N9O13S3/c39-23-9-4-21-14-30(62(55,56)57)35(37(48)28(21)17-23)45-41-24-10-5-19(6-11-24)20-7-12-25(13-8-20)42-46-36-31(63(58,59)60)16-22-15-29(61(52,53)54)34(33(40)32(22)38(36)49)44-43-26-2-1-3-27(18-26)47(50)51/h1-18,23,30,41-42H,39-40H2,(H,52,53,54)(H,55,56,57)(H,58,59,60)/b44-43?,45-35+,46-36-. The van der Waals surface area contributed by atoms with E-state index in [1.54, 1.807) is 42.5 Å². The summed E-state index contributed by atoms with van der Waals surface area (Å²) in [7, 11) is -15.2. The number of carbonyl (C=O) groups is 2. The molecule has 3 aliphatic carbocycles. The quantitative estimate of drug-likeness (QED) is 0.0350. The number of nitrogens with two attached hydrogens (primary N) is 2. The number of carbonyl (C=O) groups excluding carboxylic acids is 2. The highest BCUT2D eigenvalue weighted by Crippen LogP contribution is 2.41. The fourth-order valence-electron chi connectivity index (χ4n) is 6.45. The molecule has 0 bridgehead atoms. The van der Waals surface area contributed by atoms with E-state index in [9.17, 15) is 58.6 Å². The summed E-state index contributed by atoms with van der Waals surface area (Å²) in [6.45, 7) is 0. The molecule has 4 aromatic rings. The van der Waals surface area contributed by atoms with Crippen molar-refractivity contribution in [1.29, 1.82) is 0 Å². The number of hydrogen-bond donors (Lipinski definition) is 7. The van der Waals surface area contributed by atoms with Gasteiger partial charge in [0.25, 0.3) is 36.0 Å². The van der Waals surface area contributed by atoms with Crippen LogP contribution in [0.4, 0.5) is 34.1 Å². The Labute approximate surface area is 356 Å². The molecule has 2 atom stereocenters. The van der Waals surface area contributed by atoms with E-state index >= 15 is 0 Å². The third-order valence-electron chi connectivity index (χ3n) is 9.43. The zero-order valence-electron chi connectivity index (χ0n) is 31.6. The number of allylic oxidation sites excluding steroid dienone is 4. The molecule has 0 amide bonds. The molecule has 3 aliphatic rings. The Morgan fingerprint density at radius 1 is 0.762 bits per heavy atom. The van der Waals surface area contributed by atoms with E-state index in [1.807, 2.05) is 0 Å². The predicted molar refractivity (Wildman–Crippen MR) is 229 cm³/mol. The lowest BCUT2D eigenvalue weighted by atomic mass is 9.86. The summed E-state index contributed by atoms with van der Waals surface area (Å²) in [5.41, 5.74) is 15.2. The van der Waals surface area contributed by atoms with Crippen molar-refractivity contribution in [2.45, 2.75) is 16.2 Å². The number of nitrogens with one attached hydrogen (secondary N) is 2. The largest absolute Gasteiger partial charge is 0.396 e. The van der Waals surface area contributed by atoms with Crippen molar-refractivity contribution in [3.05, 3.63) is 140 Å². The zero-order valence-corrected chi connectivity index (χ0v) is 34.0. The number of nitrogen functional groups attached to an aromatic ring is 1. The molecule has 63 heavy (non-hydrogen) atoms. The van der Waals surface area contributed by atoms with Gasteiger partial charge in [0.1, 0.15) is 21.2 Å². The predicted octanol–water partition coefficient (Wildman–Crippen LogP) is 4.76. The van der Waals surface area contributed by atoms with Crippen LogP contribution in [-0.4, -0.2) is 78.1 Å². The first-order chi connectivity index (χ1) is 29.6. The molecule has 0 fully saturated rings. The summed E-state index contributed by atoms with van der Waals surface area (Å²) in [6, 6.07) is 17.5. The Morgan fingerprint density at radius 2 is 1.38 bits per heavy atom. The molecule has 4 aromatic carbocycles. The van der Waals surface area contributed by atoms with Crippen molar-refractivity contribution in [3.8, 4) is 11.1 Å². The van der Waals surface area contributed by atoms with Crippen LogP contribution >= 0.6 is 0 Å². The first-order valence-corrected chi connectivity index (χ1v) is 22.1.